The van der Waals surface area contributed by atoms with Crippen molar-refractivity contribution in [2.24, 2.45) is 0 Å². The zero-order chi connectivity index (χ0) is 27.5. The summed E-state index contributed by atoms with van der Waals surface area (Å²) >= 11 is 0. The predicted molar refractivity (Wildman–Crippen MR) is 152 cm³/mol. The van der Waals surface area contributed by atoms with Crippen LogP contribution in [0, 0.1) is 0 Å². The number of benzene rings is 2. The Kier molecular flexibility index (Phi) is 11.5. The van der Waals surface area contributed by atoms with Crippen molar-refractivity contribution in [3.8, 4) is 11.5 Å². The van der Waals surface area contributed by atoms with Gasteiger partial charge in [-0.3, -0.25) is 9.59 Å². The maximum Gasteiger partial charge on any atom is 0.253 e. The van der Waals surface area contributed by atoms with Gasteiger partial charge in [0.15, 0.2) is 11.5 Å². The van der Waals surface area contributed by atoms with Crippen molar-refractivity contribution in [3.63, 3.8) is 0 Å². The van der Waals surface area contributed by atoms with Crippen LogP contribution >= 0.6 is 0 Å². The van der Waals surface area contributed by atoms with Gasteiger partial charge in [0.1, 0.15) is 0 Å². The summed E-state index contributed by atoms with van der Waals surface area (Å²) in [5, 5.41) is 3.28. The summed E-state index contributed by atoms with van der Waals surface area (Å²) in [4.78, 5) is 30.6. The second-order valence-corrected chi connectivity index (χ2v) is 10.2. The van der Waals surface area contributed by atoms with E-state index in [-0.39, 0.29) is 23.8 Å². The Hall–Kier alpha value is -3.06. The van der Waals surface area contributed by atoms with Gasteiger partial charge in [0.2, 0.25) is 0 Å². The SMILES string of the molecule is CCCCN(CCCC)C(=O)c1ccc(C(=O)N[C@H]2CCN(C)C[C@H]2c2ccc(OC)c(OCC)c2)cc1. The monoisotopic (exact) mass is 523 g/mol. The third-order valence-electron chi connectivity index (χ3n) is 7.29. The predicted octanol–water partition coefficient (Wildman–Crippen LogP) is 5.35. The average Bonchev–Trinajstić information content (AvgIpc) is 2.94. The van der Waals surface area contributed by atoms with Crippen LogP contribution in [0.4, 0.5) is 0 Å². The minimum Gasteiger partial charge on any atom is -0.493 e. The number of piperidine rings is 1. The van der Waals surface area contributed by atoms with Gasteiger partial charge in [-0.25, -0.2) is 0 Å². The molecule has 1 N–H and O–H groups in total. The van der Waals surface area contributed by atoms with Crippen LogP contribution < -0.4 is 14.8 Å². The average molecular weight is 524 g/mol. The first-order chi connectivity index (χ1) is 18.4. The number of unbranched alkanes of at least 4 members (excludes halogenated alkanes) is 2. The maximum absolute atomic E-state index is 13.3. The van der Waals surface area contributed by atoms with Crippen molar-refractivity contribution in [1.29, 1.82) is 0 Å². The van der Waals surface area contributed by atoms with Crippen LogP contribution in [0.3, 0.4) is 0 Å². The molecule has 1 aliphatic heterocycles. The molecule has 7 heteroatoms. The molecule has 2 aromatic carbocycles. The fraction of sp³-hybridized carbons (Fsp3) is 0.548. The molecule has 1 heterocycles. The summed E-state index contributed by atoms with van der Waals surface area (Å²) < 4.78 is 11.3. The largest absolute Gasteiger partial charge is 0.493 e. The second kappa shape index (κ2) is 14.8. The van der Waals surface area contributed by atoms with Crippen molar-refractivity contribution in [1.82, 2.24) is 15.1 Å². The first-order valence-electron chi connectivity index (χ1n) is 14.1. The molecular formula is C31H45N3O4. The molecule has 2 aromatic rings. The Bertz CT molecular complexity index is 1030. The Balaban J connectivity index is 1.73. The molecule has 0 bridgehead atoms. The van der Waals surface area contributed by atoms with Crippen LogP contribution in [0.1, 0.15) is 85.1 Å². The fourth-order valence-corrected chi connectivity index (χ4v) is 5.03. The standard InChI is InChI=1S/C31H45N3O4/c1-6-9-18-34(19-10-7-2)31(36)24-13-11-23(12-14-24)30(35)32-27-17-20-33(4)22-26(27)25-15-16-28(37-5)29(21-25)38-8-3/h11-16,21,26-27H,6-10,17-20,22H2,1-5H3,(H,32,35)/t26-,27-/m0/s1. The highest BCUT2D eigenvalue weighted by Gasteiger charge is 2.31. The number of hydrogen-bond donors (Lipinski definition) is 1. The van der Waals surface area contributed by atoms with E-state index in [1.807, 2.05) is 24.0 Å². The number of nitrogens with one attached hydrogen (secondary N) is 1. The van der Waals surface area contributed by atoms with E-state index in [9.17, 15) is 9.59 Å². The summed E-state index contributed by atoms with van der Waals surface area (Å²) in [7, 11) is 3.75. The van der Waals surface area contributed by atoms with Gasteiger partial charge in [-0.2, -0.15) is 0 Å². The quantitative estimate of drug-likeness (QED) is 0.383. The summed E-state index contributed by atoms with van der Waals surface area (Å²) in [5.41, 5.74) is 2.32. The van der Waals surface area contributed by atoms with Gasteiger partial charge >= 0.3 is 0 Å². The highest BCUT2D eigenvalue weighted by Crippen LogP contribution is 2.34. The molecule has 2 atom stereocenters. The number of methoxy groups -OCH3 is 1. The molecule has 2 amide bonds. The van der Waals surface area contributed by atoms with E-state index in [1.54, 1.807) is 31.4 Å². The Morgan fingerprint density at radius 2 is 1.63 bits per heavy atom. The van der Waals surface area contributed by atoms with Gasteiger partial charge in [0, 0.05) is 42.7 Å². The number of likely N-dealkylation sites (N-methyl/N-ethyl adjacent to an activating group) is 1. The number of rotatable bonds is 13. The summed E-state index contributed by atoms with van der Waals surface area (Å²) in [5.74, 6) is 1.47. The van der Waals surface area contributed by atoms with E-state index in [1.165, 1.54) is 0 Å². The smallest absolute Gasteiger partial charge is 0.253 e. The molecule has 208 valence electrons. The lowest BCUT2D eigenvalue weighted by Gasteiger charge is -2.37. The number of ether oxygens (including phenoxy) is 2. The van der Waals surface area contributed by atoms with Crippen molar-refractivity contribution in [2.45, 2.75) is 64.8 Å². The Morgan fingerprint density at radius 1 is 0.974 bits per heavy atom. The first-order valence-corrected chi connectivity index (χ1v) is 14.1. The zero-order valence-electron chi connectivity index (χ0n) is 23.8. The molecular weight excluding hydrogens is 478 g/mol. The van der Waals surface area contributed by atoms with Crippen molar-refractivity contribution in [2.75, 3.05) is 46.9 Å². The van der Waals surface area contributed by atoms with Crippen molar-refractivity contribution < 1.29 is 19.1 Å². The van der Waals surface area contributed by atoms with Crippen LogP contribution in [-0.4, -0.2) is 74.6 Å². The number of nitrogens with zero attached hydrogens (tertiary/aromatic N) is 2. The van der Waals surface area contributed by atoms with E-state index in [0.29, 0.717) is 23.5 Å². The number of hydrogen-bond acceptors (Lipinski definition) is 5. The molecule has 0 spiro atoms. The minimum atomic E-state index is -0.115. The molecule has 38 heavy (non-hydrogen) atoms. The van der Waals surface area contributed by atoms with Crippen molar-refractivity contribution in [3.05, 3.63) is 59.2 Å². The highest BCUT2D eigenvalue weighted by atomic mass is 16.5. The molecule has 0 aromatic heterocycles. The Labute approximate surface area is 228 Å². The molecule has 3 rings (SSSR count). The van der Waals surface area contributed by atoms with Crippen LogP contribution in [0.2, 0.25) is 0 Å². The van der Waals surface area contributed by atoms with E-state index in [0.717, 1.165) is 69.6 Å². The fourth-order valence-electron chi connectivity index (χ4n) is 5.03. The molecule has 7 nitrogen and oxygen atoms in total. The lowest BCUT2D eigenvalue weighted by atomic mass is 9.85. The van der Waals surface area contributed by atoms with Gasteiger partial charge in [-0.15, -0.1) is 0 Å². The van der Waals surface area contributed by atoms with E-state index < -0.39 is 0 Å². The van der Waals surface area contributed by atoms with Gasteiger partial charge < -0.3 is 24.6 Å². The lowest BCUT2D eigenvalue weighted by molar-refractivity contribution is 0.0750. The molecule has 1 fully saturated rings. The van der Waals surface area contributed by atoms with Crippen LogP contribution in [0.25, 0.3) is 0 Å². The third kappa shape index (κ3) is 7.73. The summed E-state index contributed by atoms with van der Waals surface area (Å²) in [6.07, 6.45) is 4.94. The maximum atomic E-state index is 13.3. The number of amides is 2. The molecule has 1 aliphatic rings. The molecule has 0 saturated carbocycles. The van der Waals surface area contributed by atoms with Gasteiger partial charge in [0.25, 0.3) is 11.8 Å². The van der Waals surface area contributed by atoms with E-state index in [4.69, 9.17) is 9.47 Å². The molecule has 1 saturated heterocycles. The van der Waals surface area contributed by atoms with Crippen LogP contribution in [-0.2, 0) is 0 Å². The minimum absolute atomic E-state index is 0.0125. The lowest BCUT2D eigenvalue weighted by Crippen LogP contribution is -2.48. The molecule has 0 radical (unpaired) electrons. The van der Waals surface area contributed by atoms with E-state index >= 15 is 0 Å². The number of carbonyl (C=O) groups excluding carboxylic acids is 2. The van der Waals surface area contributed by atoms with E-state index in [2.05, 4.69) is 37.2 Å². The second-order valence-electron chi connectivity index (χ2n) is 10.2. The molecule has 0 unspecified atom stereocenters. The van der Waals surface area contributed by atoms with Gasteiger partial charge in [-0.05, 0) is 81.7 Å². The van der Waals surface area contributed by atoms with Crippen LogP contribution in [0.15, 0.2) is 42.5 Å². The van der Waals surface area contributed by atoms with Gasteiger partial charge in [0.05, 0.1) is 13.7 Å². The van der Waals surface area contributed by atoms with Gasteiger partial charge in [-0.1, -0.05) is 32.8 Å². The highest BCUT2D eigenvalue weighted by molar-refractivity contribution is 5.98. The number of likely N-dealkylation sites (tertiary alicyclic amines) is 1. The first kappa shape index (κ1) is 29.5. The summed E-state index contributed by atoms with van der Waals surface area (Å²) in [6, 6.07) is 13.1. The van der Waals surface area contributed by atoms with Crippen LogP contribution in [0.5, 0.6) is 11.5 Å². The van der Waals surface area contributed by atoms with Crippen molar-refractivity contribution >= 4 is 11.8 Å². The number of carbonyl (C=O) groups is 2. The normalized spacial score (nSPS) is 17.6. The molecule has 0 aliphatic carbocycles. The summed E-state index contributed by atoms with van der Waals surface area (Å²) in [6.45, 7) is 10.1. The topological polar surface area (TPSA) is 71.1 Å². The zero-order valence-corrected chi connectivity index (χ0v) is 23.8. The Morgan fingerprint density at radius 3 is 2.24 bits per heavy atom. The third-order valence-corrected chi connectivity index (χ3v) is 7.29.